The molecule has 0 aromatic heterocycles. The summed E-state index contributed by atoms with van der Waals surface area (Å²) in [4.78, 5) is 0.358. The lowest BCUT2D eigenvalue weighted by Crippen LogP contribution is -2.31. The topological polar surface area (TPSA) is 46.2 Å². The van der Waals surface area contributed by atoms with Crippen LogP contribution in [-0.2, 0) is 22.9 Å². The molecule has 3 aromatic rings. The van der Waals surface area contributed by atoms with Gasteiger partial charge in [-0.25, -0.2) is 13.1 Å². The molecule has 5 rings (SSSR count). The molecule has 0 unspecified atom stereocenters. The van der Waals surface area contributed by atoms with Gasteiger partial charge in [0.15, 0.2) is 0 Å². The van der Waals surface area contributed by atoms with Gasteiger partial charge in [0.05, 0.1) is 4.90 Å². The Morgan fingerprint density at radius 1 is 0.815 bits per heavy atom. The third kappa shape index (κ3) is 2.89. The van der Waals surface area contributed by atoms with Crippen molar-refractivity contribution in [3.8, 4) is 11.1 Å². The summed E-state index contributed by atoms with van der Waals surface area (Å²) in [5, 5.41) is 0. The molecule has 0 spiro atoms. The molecular weight excluding hydrogens is 354 g/mol. The first-order valence-corrected chi connectivity index (χ1v) is 10.9. The van der Waals surface area contributed by atoms with Crippen molar-refractivity contribution in [3.05, 3.63) is 89.0 Å². The van der Waals surface area contributed by atoms with Gasteiger partial charge in [0.25, 0.3) is 0 Å². The van der Waals surface area contributed by atoms with Crippen LogP contribution in [0.25, 0.3) is 11.1 Å². The zero-order valence-corrected chi connectivity index (χ0v) is 15.8. The second-order valence-electron chi connectivity index (χ2n) is 7.42. The Kier molecular flexibility index (Phi) is 3.92. The predicted octanol–water partition coefficient (Wildman–Crippen LogP) is 4.61. The van der Waals surface area contributed by atoms with Gasteiger partial charge in [0.2, 0.25) is 10.0 Å². The summed E-state index contributed by atoms with van der Waals surface area (Å²) in [5.41, 5.74) is 7.07. The average molecular weight is 375 g/mol. The van der Waals surface area contributed by atoms with Crippen molar-refractivity contribution in [2.24, 2.45) is 0 Å². The van der Waals surface area contributed by atoms with Crippen molar-refractivity contribution < 1.29 is 8.42 Å². The number of rotatable bonds is 3. The van der Waals surface area contributed by atoms with Crippen molar-refractivity contribution in [1.82, 2.24) is 4.72 Å². The van der Waals surface area contributed by atoms with E-state index in [0.717, 1.165) is 42.4 Å². The fraction of sp³-hybridized carbons (Fsp3) is 0.217. The van der Waals surface area contributed by atoms with Crippen LogP contribution in [-0.4, -0.2) is 8.42 Å². The van der Waals surface area contributed by atoms with E-state index in [-0.39, 0.29) is 6.04 Å². The smallest absolute Gasteiger partial charge is 0.207 e. The lowest BCUT2D eigenvalue weighted by Gasteiger charge is -2.26. The monoisotopic (exact) mass is 375 g/mol. The molecule has 2 aliphatic carbocycles. The quantitative estimate of drug-likeness (QED) is 0.568. The molecular formula is C23H21NO2S. The summed E-state index contributed by atoms with van der Waals surface area (Å²) in [7, 11) is -3.56. The lowest BCUT2D eigenvalue weighted by molar-refractivity contribution is 0.507. The summed E-state index contributed by atoms with van der Waals surface area (Å²) in [6, 6.07) is 21.8. The Labute approximate surface area is 160 Å². The average Bonchev–Trinajstić information content (AvgIpc) is 3.06. The third-order valence-corrected chi connectivity index (χ3v) is 7.21. The predicted molar refractivity (Wildman–Crippen MR) is 107 cm³/mol. The maximum absolute atomic E-state index is 13.1. The number of sulfonamides is 1. The van der Waals surface area contributed by atoms with Crippen LogP contribution in [0.15, 0.2) is 71.6 Å². The molecule has 3 nitrogen and oxygen atoms in total. The first-order valence-electron chi connectivity index (χ1n) is 9.43. The molecule has 27 heavy (non-hydrogen) atoms. The third-order valence-electron chi connectivity index (χ3n) is 5.74. The molecule has 0 radical (unpaired) electrons. The minimum atomic E-state index is -3.56. The zero-order chi connectivity index (χ0) is 18.4. The van der Waals surface area contributed by atoms with Crippen molar-refractivity contribution in [1.29, 1.82) is 0 Å². The molecule has 2 aliphatic rings. The van der Waals surface area contributed by atoms with Crippen molar-refractivity contribution in [2.45, 2.75) is 36.6 Å². The molecule has 1 N–H and O–H groups in total. The Morgan fingerprint density at radius 2 is 1.56 bits per heavy atom. The molecule has 0 fully saturated rings. The molecule has 0 bridgehead atoms. The molecule has 0 amide bonds. The second-order valence-corrected chi connectivity index (χ2v) is 9.13. The van der Waals surface area contributed by atoms with Crippen LogP contribution in [0.3, 0.4) is 0 Å². The molecule has 0 aliphatic heterocycles. The molecule has 3 aromatic carbocycles. The molecule has 0 saturated carbocycles. The first kappa shape index (κ1) is 16.7. The zero-order valence-electron chi connectivity index (χ0n) is 15.0. The van der Waals surface area contributed by atoms with Crippen LogP contribution in [0.4, 0.5) is 0 Å². The highest BCUT2D eigenvalue weighted by molar-refractivity contribution is 7.89. The minimum Gasteiger partial charge on any atom is -0.207 e. The fourth-order valence-corrected chi connectivity index (χ4v) is 5.72. The van der Waals surface area contributed by atoms with E-state index in [1.54, 1.807) is 6.07 Å². The summed E-state index contributed by atoms with van der Waals surface area (Å²) in [6.45, 7) is 0. The molecule has 4 heteroatoms. The largest absolute Gasteiger partial charge is 0.241 e. The Hall–Kier alpha value is -2.43. The van der Waals surface area contributed by atoms with Crippen LogP contribution in [0.5, 0.6) is 0 Å². The van der Waals surface area contributed by atoms with Crippen LogP contribution < -0.4 is 4.72 Å². The van der Waals surface area contributed by atoms with E-state index in [1.165, 1.54) is 16.7 Å². The second kappa shape index (κ2) is 6.32. The van der Waals surface area contributed by atoms with Gasteiger partial charge in [-0.3, -0.25) is 0 Å². The standard InChI is InChI=1S/C23H21NO2S/c25-27(26,24-23-11-5-8-16-6-1-4-10-22(16)23)19-12-13-21-18(15-19)14-17-7-2-3-9-20(17)21/h1-4,6-7,9-10,12-13,15,23-24H,5,8,11,14H2/t23-/m1/s1. The van der Waals surface area contributed by atoms with Gasteiger partial charge in [-0.2, -0.15) is 0 Å². The van der Waals surface area contributed by atoms with E-state index in [1.807, 2.05) is 42.5 Å². The maximum atomic E-state index is 13.1. The molecule has 0 heterocycles. The van der Waals surface area contributed by atoms with Crippen molar-refractivity contribution in [3.63, 3.8) is 0 Å². The van der Waals surface area contributed by atoms with E-state index in [0.29, 0.717) is 4.90 Å². The minimum absolute atomic E-state index is 0.148. The van der Waals surface area contributed by atoms with E-state index in [2.05, 4.69) is 22.9 Å². The van der Waals surface area contributed by atoms with Gasteiger partial charge in [-0.1, -0.05) is 54.6 Å². The number of hydrogen-bond donors (Lipinski definition) is 1. The SMILES string of the molecule is O=S(=O)(N[C@@H]1CCCc2ccccc21)c1ccc2c(c1)Cc1ccccc1-2. The van der Waals surface area contributed by atoms with Gasteiger partial charge < -0.3 is 0 Å². The van der Waals surface area contributed by atoms with Gasteiger partial charge in [0, 0.05) is 6.04 Å². The normalized spacial score (nSPS) is 17.9. The van der Waals surface area contributed by atoms with Crippen LogP contribution in [0.1, 0.15) is 41.1 Å². The molecule has 1 atom stereocenters. The summed E-state index contributed by atoms with van der Waals surface area (Å²) < 4.78 is 29.1. The van der Waals surface area contributed by atoms with Gasteiger partial charge in [0.1, 0.15) is 0 Å². The van der Waals surface area contributed by atoms with Gasteiger partial charge in [-0.15, -0.1) is 0 Å². The number of hydrogen-bond acceptors (Lipinski definition) is 2. The fourth-order valence-electron chi connectivity index (χ4n) is 4.42. The first-order chi connectivity index (χ1) is 13.1. The van der Waals surface area contributed by atoms with Gasteiger partial charge >= 0.3 is 0 Å². The lowest BCUT2D eigenvalue weighted by atomic mass is 9.88. The van der Waals surface area contributed by atoms with Gasteiger partial charge in [-0.05, 0) is 71.2 Å². The Bertz CT molecular complexity index is 1130. The molecule has 136 valence electrons. The summed E-state index contributed by atoms with van der Waals surface area (Å²) in [6.07, 6.45) is 3.66. The van der Waals surface area contributed by atoms with Crippen LogP contribution in [0, 0.1) is 0 Å². The van der Waals surface area contributed by atoms with E-state index in [9.17, 15) is 8.42 Å². The van der Waals surface area contributed by atoms with Crippen LogP contribution >= 0.6 is 0 Å². The number of nitrogens with one attached hydrogen (secondary N) is 1. The van der Waals surface area contributed by atoms with Crippen molar-refractivity contribution in [2.75, 3.05) is 0 Å². The Balaban J connectivity index is 1.46. The summed E-state index contributed by atoms with van der Waals surface area (Å²) >= 11 is 0. The number of aryl methyl sites for hydroxylation is 1. The highest BCUT2D eigenvalue weighted by Crippen LogP contribution is 2.38. The number of benzene rings is 3. The van der Waals surface area contributed by atoms with Crippen molar-refractivity contribution >= 4 is 10.0 Å². The summed E-state index contributed by atoms with van der Waals surface area (Å²) in [5.74, 6) is 0. The molecule has 0 saturated heterocycles. The highest BCUT2D eigenvalue weighted by Gasteiger charge is 2.27. The number of fused-ring (bicyclic) bond motifs is 4. The Morgan fingerprint density at radius 3 is 2.44 bits per heavy atom. The van der Waals surface area contributed by atoms with E-state index >= 15 is 0 Å². The van der Waals surface area contributed by atoms with Crippen LogP contribution in [0.2, 0.25) is 0 Å². The highest BCUT2D eigenvalue weighted by atomic mass is 32.2. The van der Waals surface area contributed by atoms with E-state index in [4.69, 9.17) is 0 Å². The maximum Gasteiger partial charge on any atom is 0.241 e. The van der Waals surface area contributed by atoms with E-state index < -0.39 is 10.0 Å².